The van der Waals surface area contributed by atoms with Gasteiger partial charge in [0.1, 0.15) is 0 Å². The minimum absolute atomic E-state index is 0.468. The normalized spacial score (nSPS) is 10.4. The Morgan fingerprint density at radius 1 is 1.20 bits per heavy atom. The van der Waals surface area contributed by atoms with Gasteiger partial charge in [-0.15, -0.1) is 0 Å². The fourth-order valence-corrected chi connectivity index (χ4v) is 1.94. The number of benzene rings is 1. The second kappa shape index (κ2) is 6.72. The van der Waals surface area contributed by atoms with E-state index in [9.17, 15) is 0 Å². The van der Waals surface area contributed by atoms with E-state index in [1.54, 1.807) is 0 Å². The van der Waals surface area contributed by atoms with Gasteiger partial charge in [0.15, 0.2) is 11.5 Å². The molecule has 0 radical (unpaired) electrons. The van der Waals surface area contributed by atoms with Gasteiger partial charge in [0.25, 0.3) is 0 Å². The molecule has 1 aromatic carbocycles. The molecule has 2 N–H and O–H groups in total. The van der Waals surface area contributed by atoms with Crippen LogP contribution < -0.4 is 15.2 Å². The van der Waals surface area contributed by atoms with Gasteiger partial charge in [-0.25, -0.2) is 4.98 Å². The quantitative estimate of drug-likeness (QED) is 0.902. The Balaban J connectivity index is 2.29. The van der Waals surface area contributed by atoms with Crippen molar-refractivity contribution in [2.45, 2.75) is 20.4 Å². The number of hydrogen-bond acceptors (Lipinski definition) is 4. The summed E-state index contributed by atoms with van der Waals surface area (Å²) < 4.78 is 12.3. The van der Waals surface area contributed by atoms with Crippen molar-refractivity contribution in [3.8, 4) is 17.4 Å². The maximum absolute atomic E-state index is 5.80. The number of ether oxygens (including phenoxy) is 2. The first-order valence-electron chi connectivity index (χ1n) is 6.40. The summed E-state index contributed by atoms with van der Waals surface area (Å²) in [6.45, 7) is 4.88. The van der Waals surface area contributed by atoms with Crippen LogP contribution in [0.1, 0.15) is 18.2 Å². The van der Waals surface area contributed by atoms with Crippen LogP contribution in [0.5, 0.6) is 17.4 Å². The largest absolute Gasteiger partial charge is 0.490 e. The third-order valence-electron chi connectivity index (χ3n) is 2.75. The number of pyridine rings is 1. The third-order valence-corrected chi connectivity index (χ3v) is 3.59. The van der Waals surface area contributed by atoms with E-state index < -0.39 is 0 Å². The lowest BCUT2D eigenvalue weighted by Crippen LogP contribution is -2.00. The predicted molar refractivity (Wildman–Crippen MR) is 82.3 cm³/mol. The highest BCUT2D eigenvalue weighted by molar-refractivity contribution is 9.10. The minimum Gasteiger partial charge on any atom is -0.490 e. The van der Waals surface area contributed by atoms with Gasteiger partial charge in [0.2, 0.25) is 5.88 Å². The zero-order chi connectivity index (χ0) is 14.5. The average molecular weight is 337 g/mol. The van der Waals surface area contributed by atoms with Crippen LogP contribution in [0.3, 0.4) is 0 Å². The van der Waals surface area contributed by atoms with Crippen LogP contribution in [-0.4, -0.2) is 11.6 Å². The van der Waals surface area contributed by atoms with Crippen molar-refractivity contribution in [2.24, 2.45) is 5.73 Å². The smallest absolute Gasteiger partial charge is 0.219 e. The second-order valence-electron chi connectivity index (χ2n) is 4.24. The number of aromatic nitrogens is 1. The van der Waals surface area contributed by atoms with E-state index in [-0.39, 0.29) is 0 Å². The van der Waals surface area contributed by atoms with E-state index in [1.807, 2.05) is 44.2 Å². The zero-order valence-corrected chi connectivity index (χ0v) is 13.1. The number of halogens is 1. The van der Waals surface area contributed by atoms with Gasteiger partial charge in [-0.3, -0.25) is 0 Å². The van der Waals surface area contributed by atoms with Crippen molar-refractivity contribution in [3.05, 3.63) is 46.1 Å². The topological polar surface area (TPSA) is 57.4 Å². The van der Waals surface area contributed by atoms with E-state index in [0.717, 1.165) is 15.7 Å². The van der Waals surface area contributed by atoms with Crippen molar-refractivity contribution < 1.29 is 9.47 Å². The SMILES string of the molecule is CCOc1cc(CN)ccc1Oc1ccc(Br)c(C)n1. The summed E-state index contributed by atoms with van der Waals surface area (Å²) >= 11 is 3.42. The summed E-state index contributed by atoms with van der Waals surface area (Å²) in [5.74, 6) is 1.85. The lowest BCUT2D eigenvalue weighted by atomic mass is 10.2. The molecule has 5 heteroatoms. The molecule has 4 nitrogen and oxygen atoms in total. The highest BCUT2D eigenvalue weighted by Crippen LogP contribution is 2.32. The van der Waals surface area contributed by atoms with Crippen molar-refractivity contribution >= 4 is 15.9 Å². The summed E-state index contributed by atoms with van der Waals surface area (Å²) in [4.78, 5) is 4.36. The van der Waals surface area contributed by atoms with Crippen LogP contribution in [0, 0.1) is 6.92 Å². The summed E-state index contributed by atoms with van der Waals surface area (Å²) in [6, 6.07) is 9.39. The Labute approximate surface area is 127 Å². The van der Waals surface area contributed by atoms with Crippen LogP contribution in [0.4, 0.5) is 0 Å². The maximum Gasteiger partial charge on any atom is 0.219 e. The van der Waals surface area contributed by atoms with E-state index in [4.69, 9.17) is 15.2 Å². The molecule has 0 aliphatic rings. The highest BCUT2D eigenvalue weighted by atomic mass is 79.9. The fraction of sp³-hybridized carbons (Fsp3) is 0.267. The van der Waals surface area contributed by atoms with Gasteiger partial charge in [-0.05, 0) is 53.5 Å². The summed E-state index contributed by atoms with van der Waals surface area (Å²) in [6.07, 6.45) is 0. The van der Waals surface area contributed by atoms with Crippen molar-refractivity contribution in [2.75, 3.05) is 6.61 Å². The Kier molecular flexibility index (Phi) is 4.98. The molecule has 1 heterocycles. The number of rotatable bonds is 5. The van der Waals surface area contributed by atoms with Crippen LogP contribution in [0.15, 0.2) is 34.8 Å². The van der Waals surface area contributed by atoms with E-state index >= 15 is 0 Å². The predicted octanol–water partition coefficient (Wildman–Crippen LogP) is 3.80. The number of nitrogens with zero attached hydrogens (tertiary/aromatic N) is 1. The van der Waals surface area contributed by atoms with E-state index in [0.29, 0.717) is 30.5 Å². The van der Waals surface area contributed by atoms with Gasteiger partial charge in [0.05, 0.1) is 12.3 Å². The molecule has 0 unspecified atom stereocenters. The lowest BCUT2D eigenvalue weighted by molar-refractivity contribution is 0.319. The molecular weight excluding hydrogens is 320 g/mol. The van der Waals surface area contributed by atoms with Crippen molar-refractivity contribution in [1.82, 2.24) is 4.98 Å². The highest BCUT2D eigenvalue weighted by Gasteiger charge is 2.09. The average Bonchev–Trinajstić information content (AvgIpc) is 2.45. The third kappa shape index (κ3) is 3.49. The standard InChI is InChI=1S/C15H17BrN2O2/c1-3-19-14-8-11(9-17)4-6-13(14)20-15-7-5-12(16)10(2)18-15/h4-8H,3,9,17H2,1-2H3. The summed E-state index contributed by atoms with van der Waals surface area (Å²) in [7, 11) is 0. The molecule has 0 aliphatic heterocycles. The molecule has 0 spiro atoms. The molecule has 2 aromatic rings. The van der Waals surface area contributed by atoms with Gasteiger partial charge in [0, 0.05) is 17.1 Å². The summed E-state index contributed by atoms with van der Waals surface area (Å²) in [5, 5.41) is 0. The van der Waals surface area contributed by atoms with Gasteiger partial charge in [-0.1, -0.05) is 6.07 Å². The van der Waals surface area contributed by atoms with Gasteiger partial charge >= 0.3 is 0 Å². The van der Waals surface area contributed by atoms with Crippen molar-refractivity contribution in [3.63, 3.8) is 0 Å². The fourth-order valence-electron chi connectivity index (χ4n) is 1.72. The number of nitrogens with two attached hydrogens (primary N) is 1. The van der Waals surface area contributed by atoms with Gasteiger partial charge in [-0.2, -0.15) is 0 Å². The first-order valence-corrected chi connectivity index (χ1v) is 7.20. The van der Waals surface area contributed by atoms with Crippen LogP contribution in [0.2, 0.25) is 0 Å². The molecule has 0 atom stereocenters. The number of hydrogen-bond donors (Lipinski definition) is 1. The Morgan fingerprint density at radius 2 is 2.00 bits per heavy atom. The second-order valence-corrected chi connectivity index (χ2v) is 5.09. The molecule has 0 aliphatic carbocycles. The molecular formula is C15H17BrN2O2. The molecule has 2 rings (SSSR count). The monoisotopic (exact) mass is 336 g/mol. The molecule has 20 heavy (non-hydrogen) atoms. The first-order chi connectivity index (χ1) is 9.63. The minimum atomic E-state index is 0.468. The molecule has 0 saturated carbocycles. The molecule has 0 saturated heterocycles. The number of aryl methyl sites for hydroxylation is 1. The van der Waals surface area contributed by atoms with Gasteiger partial charge < -0.3 is 15.2 Å². The maximum atomic E-state index is 5.80. The van der Waals surface area contributed by atoms with E-state index in [2.05, 4.69) is 20.9 Å². The Morgan fingerprint density at radius 3 is 2.65 bits per heavy atom. The molecule has 1 aromatic heterocycles. The van der Waals surface area contributed by atoms with Crippen LogP contribution in [-0.2, 0) is 6.54 Å². The van der Waals surface area contributed by atoms with E-state index in [1.165, 1.54) is 0 Å². The molecule has 0 bridgehead atoms. The lowest BCUT2D eigenvalue weighted by Gasteiger charge is -2.12. The van der Waals surface area contributed by atoms with Crippen LogP contribution >= 0.6 is 15.9 Å². The van der Waals surface area contributed by atoms with Crippen LogP contribution in [0.25, 0.3) is 0 Å². The first kappa shape index (κ1) is 14.8. The molecule has 106 valence electrons. The molecule has 0 amide bonds. The van der Waals surface area contributed by atoms with Crippen molar-refractivity contribution in [1.29, 1.82) is 0 Å². The Bertz CT molecular complexity index is 602. The molecule has 0 fully saturated rings. The summed E-state index contributed by atoms with van der Waals surface area (Å²) in [5.41, 5.74) is 7.51. The zero-order valence-electron chi connectivity index (χ0n) is 11.5. The Hall–Kier alpha value is -1.59.